The van der Waals surface area contributed by atoms with Crippen LogP contribution in [-0.2, 0) is 11.2 Å². The van der Waals surface area contributed by atoms with Crippen LogP contribution >= 0.6 is 11.8 Å². The van der Waals surface area contributed by atoms with Gasteiger partial charge in [0.2, 0.25) is 5.91 Å². The lowest BCUT2D eigenvalue weighted by molar-refractivity contribution is -0.117. The summed E-state index contributed by atoms with van der Waals surface area (Å²) in [5.41, 5.74) is 3.75. The molecule has 0 spiro atoms. The molecule has 0 aliphatic rings. The van der Waals surface area contributed by atoms with Gasteiger partial charge in [0.05, 0.1) is 0 Å². The number of hydrogen-bond donors (Lipinski definition) is 1. The third-order valence-electron chi connectivity index (χ3n) is 5.02. The lowest BCUT2D eigenvalue weighted by atomic mass is 10.00. The Balaban J connectivity index is 1.85. The predicted molar refractivity (Wildman–Crippen MR) is 130 cm³/mol. The maximum absolute atomic E-state index is 12.3. The lowest BCUT2D eigenvalue weighted by Crippen LogP contribution is -2.31. The number of allylic oxidation sites excluding steroid dienone is 3. The average Bonchev–Trinajstić information content (AvgIpc) is 2.77. The normalized spacial score (nSPS) is 12.8. The highest BCUT2D eigenvalue weighted by Gasteiger charge is 2.05. The minimum Gasteiger partial charge on any atom is -0.350 e. The fourth-order valence-electron chi connectivity index (χ4n) is 3.27. The molecule has 30 heavy (non-hydrogen) atoms. The number of nitrogens with one attached hydrogen (secondary N) is 1. The van der Waals surface area contributed by atoms with E-state index in [1.165, 1.54) is 21.6 Å². The fourth-order valence-corrected chi connectivity index (χ4v) is 3.68. The first kappa shape index (κ1) is 23.9. The van der Waals surface area contributed by atoms with Crippen molar-refractivity contribution in [2.75, 3.05) is 6.26 Å². The van der Waals surface area contributed by atoms with Gasteiger partial charge in [-0.1, -0.05) is 43.7 Å². The largest absolute Gasteiger partial charge is 0.350 e. The molecule has 1 aromatic heterocycles. The summed E-state index contributed by atoms with van der Waals surface area (Å²) in [6.45, 7) is 4.26. The maximum atomic E-state index is 12.3. The van der Waals surface area contributed by atoms with Crippen LogP contribution in [-0.4, -0.2) is 23.2 Å². The quantitative estimate of drug-likeness (QED) is 0.242. The third-order valence-corrected chi connectivity index (χ3v) is 5.76. The van der Waals surface area contributed by atoms with Crippen LogP contribution in [0, 0.1) is 0 Å². The minimum absolute atomic E-state index is 0.0345. The molecular formula is C26H34N2OS. The standard InChI is InChI=1S/C26H34N2OS/c1-4-5-12-23(24-15-17-25(30-3)18-16-24)13-7-14-26(29)28-21(2)9-6-10-22-11-8-19-27-20-22/h7-8,11,13-21H,4-6,9-10,12H2,1-3H3,(H,28,29)/t21-/m1/s1. The summed E-state index contributed by atoms with van der Waals surface area (Å²) in [6.07, 6.45) is 17.7. The predicted octanol–water partition coefficient (Wildman–Crippen LogP) is 6.46. The molecule has 2 rings (SSSR count). The van der Waals surface area contributed by atoms with Gasteiger partial charge in [0.15, 0.2) is 0 Å². The van der Waals surface area contributed by atoms with E-state index in [1.54, 1.807) is 24.0 Å². The van der Waals surface area contributed by atoms with Crippen LogP contribution in [0.1, 0.15) is 57.1 Å². The van der Waals surface area contributed by atoms with E-state index in [1.807, 2.05) is 18.3 Å². The molecule has 0 bridgehead atoms. The summed E-state index contributed by atoms with van der Waals surface area (Å²) in [4.78, 5) is 17.7. The number of carbonyl (C=O) groups is 1. The number of benzene rings is 1. The molecule has 1 N–H and O–H groups in total. The van der Waals surface area contributed by atoms with Gasteiger partial charge in [-0.25, -0.2) is 0 Å². The number of rotatable bonds is 12. The van der Waals surface area contributed by atoms with Crippen LogP contribution in [0.3, 0.4) is 0 Å². The number of nitrogens with zero attached hydrogens (tertiary/aromatic N) is 1. The second kappa shape index (κ2) is 13.8. The highest BCUT2D eigenvalue weighted by molar-refractivity contribution is 7.98. The summed E-state index contributed by atoms with van der Waals surface area (Å²) in [5, 5.41) is 3.06. The van der Waals surface area contributed by atoms with Crippen molar-refractivity contribution in [3.05, 3.63) is 78.1 Å². The number of aromatic nitrogens is 1. The molecule has 1 heterocycles. The number of amides is 1. The minimum atomic E-state index is -0.0345. The van der Waals surface area contributed by atoms with Crippen molar-refractivity contribution in [1.29, 1.82) is 0 Å². The van der Waals surface area contributed by atoms with Gasteiger partial charge in [-0.05, 0) is 80.2 Å². The fraction of sp³-hybridized carbons (Fsp3) is 0.385. The van der Waals surface area contributed by atoms with Crippen LogP contribution in [0.4, 0.5) is 0 Å². The molecule has 0 saturated heterocycles. The van der Waals surface area contributed by atoms with Crippen LogP contribution in [0.2, 0.25) is 0 Å². The number of carbonyl (C=O) groups excluding carboxylic acids is 1. The number of aryl methyl sites for hydroxylation is 1. The smallest absolute Gasteiger partial charge is 0.244 e. The van der Waals surface area contributed by atoms with Gasteiger partial charge in [0, 0.05) is 29.4 Å². The van der Waals surface area contributed by atoms with Gasteiger partial charge < -0.3 is 5.32 Å². The number of unbranched alkanes of at least 4 members (excludes halogenated alkanes) is 1. The van der Waals surface area contributed by atoms with E-state index in [0.717, 1.165) is 38.5 Å². The van der Waals surface area contributed by atoms with Crippen molar-refractivity contribution in [2.45, 2.75) is 63.3 Å². The SMILES string of the molecule is CCCCC(=CC=CC(=O)N[C@H](C)CCCc1cccnc1)c1ccc(SC)cc1. The van der Waals surface area contributed by atoms with Crippen molar-refractivity contribution in [1.82, 2.24) is 10.3 Å². The summed E-state index contributed by atoms with van der Waals surface area (Å²) in [5.74, 6) is -0.0345. The molecule has 0 radical (unpaired) electrons. The molecular weight excluding hydrogens is 388 g/mol. The zero-order valence-electron chi connectivity index (χ0n) is 18.4. The first-order valence-electron chi connectivity index (χ1n) is 10.8. The molecule has 160 valence electrons. The van der Waals surface area contributed by atoms with E-state index in [2.05, 4.69) is 66.8 Å². The maximum Gasteiger partial charge on any atom is 0.244 e. The Hall–Kier alpha value is -2.33. The lowest BCUT2D eigenvalue weighted by Gasteiger charge is -2.12. The molecule has 4 heteroatoms. The molecule has 0 saturated carbocycles. The first-order valence-corrected chi connectivity index (χ1v) is 12.1. The third kappa shape index (κ3) is 9.00. The molecule has 0 aliphatic carbocycles. The van der Waals surface area contributed by atoms with Gasteiger partial charge in [0.1, 0.15) is 0 Å². The van der Waals surface area contributed by atoms with Crippen LogP contribution < -0.4 is 5.32 Å². The van der Waals surface area contributed by atoms with E-state index in [0.29, 0.717) is 0 Å². The number of thioether (sulfide) groups is 1. The van der Waals surface area contributed by atoms with Crippen molar-refractivity contribution in [2.24, 2.45) is 0 Å². The van der Waals surface area contributed by atoms with Crippen molar-refractivity contribution >= 4 is 23.2 Å². The van der Waals surface area contributed by atoms with E-state index in [9.17, 15) is 4.79 Å². The summed E-state index contributed by atoms with van der Waals surface area (Å²) >= 11 is 1.75. The monoisotopic (exact) mass is 422 g/mol. The topological polar surface area (TPSA) is 42.0 Å². The second-order valence-corrected chi connectivity index (χ2v) is 8.43. The van der Waals surface area contributed by atoms with E-state index < -0.39 is 0 Å². The van der Waals surface area contributed by atoms with Crippen LogP contribution in [0.15, 0.2) is 71.9 Å². The van der Waals surface area contributed by atoms with Crippen molar-refractivity contribution < 1.29 is 4.79 Å². The summed E-state index contributed by atoms with van der Waals surface area (Å²) in [6, 6.07) is 12.9. The first-order chi connectivity index (χ1) is 14.6. The van der Waals surface area contributed by atoms with E-state index in [4.69, 9.17) is 0 Å². The molecule has 1 aromatic carbocycles. The van der Waals surface area contributed by atoms with Gasteiger partial charge in [-0.2, -0.15) is 0 Å². The molecule has 2 aromatic rings. The van der Waals surface area contributed by atoms with Gasteiger partial charge >= 0.3 is 0 Å². The highest BCUT2D eigenvalue weighted by atomic mass is 32.2. The average molecular weight is 423 g/mol. The van der Waals surface area contributed by atoms with E-state index >= 15 is 0 Å². The highest BCUT2D eigenvalue weighted by Crippen LogP contribution is 2.24. The molecule has 3 nitrogen and oxygen atoms in total. The molecule has 0 fully saturated rings. The molecule has 0 unspecified atom stereocenters. The summed E-state index contributed by atoms with van der Waals surface area (Å²) in [7, 11) is 0. The van der Waals surface area contributed by atoms with E-state index in [-0.39, 0.29) is 11.9 Å². The number of pyridine rings is 1. The Morgan fingerprint density at radius 1 is 1.20 bits per heavy atom. The van der Waals surface area contributed by atoms with Crippen LogP contribution in [0.25, 0.3) is 5.57 Å². The Morgan fingerprint density at radius 2 is 2.00 bits per heavy atom. The second-order valence-electron chi connectivity index (χ2n) is 7.55. The molecule has 1 atom stereocenters. The summed E-state index contributed by atoms with van der Waals surface area (Å²) < 4.78 is 0. The zero-order chi connectivity index (χ0) is 21.6. The number of hydrogen-bond acceptors (Lipinski definition) is 3. The zero-order valence-corrected chi connectivity index (χ0v) is 19.3. The van der Waals surface area contributed by atoms with Crippen molar-refractivity contribution in [3.8, 4) is 0 Å². The van der Waals surface area contributed by atoms with Gasteiger partial charge in [-0.15, -0.1) is 11.8 Å². The molecule has 1 amide bonds. The Morgan fingerprint density at radius 3 is 2.67 bits per heavy atom. The van der Waals surface area contributed by atoms with Crippen LogP contribution in [0.5, 0.6) is 0 Å². The molecule has 0 aliphatic heterocycles. The van der Waals surface area contributed by atoms with Gasteiger partial charge in [-0.3, -0.25) is 9.78 Å². The Bertz CT molecular complexity index is 813. The van der Waals surface area contributed by atoms with Gasteiger partial charge in [0.25, 0.3) is 0 Å². The Labute approximate surface area is 186 Å². The Kier molecular flexibility index (Phi) is 11.0. The van der Waals surface area contributed by atoms with Crippen molar-refractivity contribution in [3.63, 3.8) is 0 Å².